The van der Waals surface area contributed by atoms with Crippen LogP contribution in [0.4, 0.5) is 8.78 Å². The van der Waals surface area contributed by atoms with Crippen LogP contribution in [0, 0.1) is 17.6 Å². The minimum absolute atomic E-state index is 0.00458. The van der Waals surface area contributed by atoms with Gasteiger partial charge in [-0.15, -0.1) is 0 Å². The first-order chi connectivity index (χ1) is 8.54. The van der Waals surface area contributed by atoms with Crippen molar-refractivity contribution in [1.82, 2.24) is 5.32 Å². The largest absolute Gasteiger partial charge is 0.296 e. The number of amides is 2. The van der Waals surface area contributed by atoms with Crippen LogP contribution in [0.2, 0.25) is 0 Å². The van der Waals surface area contributed by atoms with Crippen molar-refractivity contribution in [2.45, 2.75) is 25.7 Å². The zero-order chi connectivity index (χ0) is 13.3. The summed E-state index contributed by atoms with van der Waals surface area (Å²) >= 11 is 0. The van der Waals surface area contributed by atoms with Crippen LogP contribution in [-0.4, -0.2) is 11.8 Å². The third kappa shape index (κ3) is 2.12. The average Bonchev–Trinajstić information content (AvgIpc) is 2.32. The third-order valence-corrected chi connectivity index (χ3v) is 3.31. The van der Waals surface area contributed by atoms with E-state index in [1.165, 1.54) is 12.1 Å². The molecule has 3 nitrogen and oxygen atoms in total. The topological polar surface area (TPSA) is 46.2 Å². The van der Waals surface area contributed by atoms with E-state index in [2.05, 4.69) is 5.32 Å². The molecule has 0 saturated carbocycles. The number of imide groups is 1. The van der Waals surface area contributed by atoms with E-state index in [1.807, 2.05) is 0 Å². The van der Waals surface area contributed by atoms with Gasteiger partial charge in [0.2, 0.25) is 11.8 Å². The van der Waals surface area contributed by atoms with Crippen molar-refractivity contribution in [2.24, 2.45) is 5.92 Å². The molecule has 18 heavy (non-hydrogen) atoms. The Hall–Kier alpha value is -1.78. The van der Waals surface area contributed by atoms with Gasteiger partial charge >= 0.3 is 0 Å². The number of rotatable bonds is 2. The van der Waals surface area contributed by atoms with Gasteiger partial charge in [0.1, 0.15) is 0 Å². The number of hydrogen-bond acceptors (Lipinski definition) is 2. The van der Waals surface area contributed by atoms with Crippen molar-refractivity contribution in [1.29, 1.82) is 0 Å². The molecular weight excluding hydrogens is 240 g/mol. The zero-order valence-corrected chi connectivity index (χ0v) is 9.87. The smallest absolute Gasteiger partial charge is 0.230 e. The first kappa shape index (κ1) is 12.7. The van der Waals surface area contributed by atoms with Crippen molar-refractivity contribution in [2.75, 3.05) is 0 Å². The number of carbonyl (C=O) groups excluding carboxylic acids is 2. The van der Waals surface area contributed by atoms with Gasteiger partial charge in [-0.3, -0.25) is 14.9 Å². The SMILES string of the molecule is CCC1C(=O)NC(=O)CC1c1cccc(F)c1F. The molecule has 0 radical (unpaired) electrons. The van der Waals surface area contributed by atoms with Crippen molar-refractivity contribution in [3.05, 3.63) is 35.4 Å². The normalized spacial score (nSPS) is 23.9. The molecule has 96 valence electrons. The molecule has 0 aromatic heterocycles. The van der Waals surface area contributed by atoms with Crippen LogP contribution in [-0.2, 0) is 9.59 Å². The first-order valence-electron chi connectivity index (χ1n) is 5.82. The van der Waals surface area contributed by atoms with E-state index in [1.54, 1.807) is 6.92 Å². The Balaban J connectivity index is 2.43. The van der Waals surface area contributed by atoms with E-state index >= 15 is 0 Å². The van der Waals surface area contributed by atoms with Crippen LogP contribution >= 0.6 is 0 Å². The number of benzene rings is 1. The van der Waals surface area contributed by atoms with Crippen molar-refractivity contribution >= 4 is 11.8 Å². The Morgan fingerprint density at radius 3 is 2.72 bits per heavy atom. The molecule has 1 heterocycles. The summed E-state index contributed by atoms with van der Waals surface area (Å²) in [5, 5.41) is 2.22. The Labute approximate surface area is 103 Å². The van der Waals surface area contributed by atoms with Crippen LogP contribution in [0.5, 0.6) is 0 Å². The monoisotopic (exact) mass is 253 g/mol. The van der Waals surface area contributed by atoms with Gasteiger partial charge in [0.15, 0.2) is 11.6 Å². The summed E-state index contributed by atoms with van der Waals surface area (Å²) in [6.07, 6.45) is 0.477. The molecule has 1 saturated heterocycles. The standard InChI is InChI=1S/C13H13F2NO2/c1-2-7-9(6-11(17)16-13(7)18)8-4-3-5-10(14)12(8)15/h3-5,7,9H,2,6H2,1H3,(H,16,17,18). The van der Waals surface area contributed by atoms with Crippen molar-refractivity contribution in [3.63, 3.8) is 0 Å². The fourth-order valence-corrected chi connectivity index (χ4v) is 2.41. The van der Waals surface area contributed by atoms with Crippen molar-refractivity contribution in [3.8, 4) is 0 Å². The predicted octanol–water partition coefficient (Wildman–Crippen LogP) is 2.12. The Morgan fingerprint density at radius 1 is 1.33 bits per heavy atom. The maximum Gasteiger partial charge on any atom is 0.230 e. The molecule has 1 aliphatic heterocycles. The number of halogens is 2. The summed E-state index contributed by atoms with van der Waals surface area (Å²) in [4.78, 5) is 23.0. The van der Waals surface area contributed by atoms with Gasteiger partial charge in [-0.05, 0) is 18.1 Å². The van der Waals surface area contributed by atoms with Crippen LogP contribution < -0.4 is 5.32 Å². The highest BCUT2D eigenvalue weighted by molar-refractivity contribution is 5.99. The minimum atomic E-state index is -0.969. The van der Waals surface area contributed by atoms with Crippen LogP contribution in [0.25, 0.3) is 0 Å². The molecule has 0 bridgehead atoms. The van der Waals surface area contributed by atoms with E-state index in [9.17, 15) is 18.4 Å². The molecule has 2 unspecified atom stereocenters. The second-order valence-corrected chi connectivity index (χ2v) is 4.38. The molecule has 0 spiro atoms. The van der Waals surface area contributed by atoms with E-state index in [0.717, 1.165) is 6.07 Å². The summed E-state index contributed by atoms with van der Waals surface area (Å²) in [5.41, 5.74) is 0.102. The van der Waals surface area contributed by atoms with Gasteiger partial charge in [-0.25, -0.2) is 8.78 Å². The highest BCUT2D eigenvalue weighted by Crippen LogP contribution is 2.35. The number of carbonyl (C=O) groups is 2. The third-order valence-electron chi connectivity index (χ3n) is 3.31. The molecule has 0 aliphatic carbocycles. The number of piperidine rings is 1. The quantitative estimate of drug-likeness (QED) is 0.821. The maximum atomic E-state index is 13.7. The van der Waals surface area contributed by atoms with E-state index in [-0.39, 0.29) is 12.0 Å². The summed E-state index contributed by atoms with van der Waals surface area (Å²) < 4.78 is 26.9. The average molecular weight is 253 g/mol. The highest BCUT2D eigenvalue weighted by atomic mass is 19.2. The molecule has 1 aromatic rings. The van der Waals surface area contributed by atoms with Gasteiger partial charge in [-0.2, -0.15) is 0 Å². The van der Waals surface area contributed by atoms with E-state index in [0.29, 0.717) is 6.42 Å². The molecule has 1 fully saturated rings. The lowest BCUT2D eigenvalue weighted by atomic mass is 9.79. The molecular formula is C13H13F2NO2. The summed E-state index contributed by atoms with van der Waals surface area (Å²) in [6.45, 7) is 1.78. The van der Waals surface area contributed by atoms with E-state index < -0.39 is 35.3 Å². The summed E-state index contributed by atoms with van der Waals surface area (Å²) in [6, 6.07) is 3.83. The van der Waals surface area contributed by atoms with Gasteiger partial charge in [0.25, 0.3) is 0 Å². The highest BCUT2D eigenvalue weighted by Gasteiger charge is 2.37. The lowest BCUT2D eigenvalue weighted by Gasteiger charge is -2.29. The van der Waals surface area contributed by atoms with Crippen molar-refractivity contribution < 1.29 is 18.4 Å². The summed E-state index contributed by atoms with van der Waals surface area (Å²) in [5.74, 6) is -3.88. The minimum Gasteiger partial charge on any atom is -0.296 e. The second kappa shape index (κ2) is 4.84. The van der Waals surface area contributed by atoms with Crippen LogP contribution in [0.1, 0.15) is 31.2 Å². The maximum absolute atomic E-state index is 13.7. The van der Waals surface area contributed by atoms with Gasteiger partial charge in [0, 0.05) is 18.3 Å². The fraction of sp³-hybridized carbons (Fsp3) is 0.385. The first-order valence-corrected chi connectivity index (χ1v) is 5.82. The predicted molar refractivity (Wildman–Crippen MR) is 60.6 cm³/mol. The lowest BCUT2D eigenvalue weighted by Crippen LogP contribution is -2.44. The second-order valence-electron chi connectivity index (χ2n) is 4.38. The molecule has 5 heteroatoms. The molecule has 2 amide bonds. The Morgan fingerprint density at radius 2 is 2.06 bits per heavy atom. The zero-order valence-electron chi connectivity index (χ0n) is 9.87. The number of nitrogens with one attached hydrogen (secondary N) is 1. The molecule has 1 N–H and O–H groups in total. The van der Waals surface area contributed by atoms with Crippen LogP contribution in [0.15, 0.2) is 18.2 Å². The van der Waals surface area contributed by atoms with Gasteiger partial charge in [0.05, 0.1) is 0 Å². The number of hydrogen-bond donors (Lipinski definition) is 1. The fourth-order valence-electron chi connectivity index (χ4n) is 2.41. The lowest BCUT2D eigenvalue weighted by molar-refractivity contribution is -0.137. The summed E-state index contributed by atoms with van der Waals surface area (Å²) in [7, 11) is 0. The molecule has 1 aromatic carbocycles. The van der Waals surface area contributed by atoms with Gasteiger partial charge in [-0.1, -0.05) is 19.1 Å². The van der Waals surface area contributed by atoms with Crippen LogP contribution in [0.3, 0.4) is 0 Å². The molecule has 2 rings (SSSR count). The Bertz CT molecular complexity index is 502. The van der Waals surface area contributed by atoms with Gasteiger partial charge < -0.3 is 0 Å². The van der Waals surface area contributed by atoms with E-state index in [4.69, 9.17) is 0 Å². The molecule has 1 aliphatic rings. The molecule has 2 atom stereocenters. The Kier molecular flexibility index (Phi) is 3.41.